The average Bonchev–Trinajstić information content (AvgIpc) is 2.80. The van der Waals surface area contributed by atoms with Crippen LogP contribution in [0.1, 0.15) is 23.3 Å². The van der Waals surface area contributed by atoms with E-state index in [1.54, 1.807) is 0 Å². The highest BCUT2D eigenvalue weighted by Crippen LogP contribution is 2.25. The Morgan fingerprint density at radius 1 is 1.56 bits per heavy atom. The molecule has 1 unspecified atom stereocenters. The van der Waals surface area contributed by atoms with Crippen LogP contribution in [0.3, 0.4) is 0 Å². The van der Waals surface area contributed by atoms with Crippen LogP contribution in [0.25, 0.3) is 0 Å². The molecule has 1 saturated heterocycles. The van der Waals surface area contributed by atoms with Crippen molar-refractivity contribution in [1.29, 1.82) is 0 Å². The van der Waals surface area contributed by atoms with Gasteiger partial charge >= 0.3 is 0 Å². The molecule has 0 bridgehead atoms. The molecular formula is C10H14N4OS. The first kappa shape index (κ1) is 11.2. The topological polar surface area (TPSA) is 80.9 Å². The highest BCUT2D eigenvalue weighted by Gasteiger charge is 2.17. The molecule has 3 N–H and O–H groups in total. The maximum absolute atomic E-state index is 11.6. The quantitative estimate of drug-likeness (QED) is 0.809. The molecule has 1 aliphatic heterocycles. The minimum Gasteiger partial charge on any atom is -0.382 e. The highest BCUT2D eigenvalue weighted by molar-refractivity contribution is 8.00. The van der Waals surface area contributed by atoms with Crippen molar-refractivity contribution in [2.24, 2.45) is 0 Å². The largest absolute Gasteiger partial charge is 0.382 e. The first-order chi connectivity index (χ1) is 7.75. The zero-order chi connectivity index (χ0) is 11.4. The Kier molecular flexibility index (Phi) is 3.61. The zero-order valence-corrected chi connectivity index (χ0v) is 9.67. The summed E-state index contributed by atoms with van der Waals surface area (Å²) in [6.07, 6.45) is 5.21. The number of carbonyl (C=O) groups is 1. The number of nitrogens with zero attached hydrogens (tertiary/aromatic N) is 2. The molecule has 86 valence electrons. The summed E-state index contributed by atoms with van der Waals surface area (Å²) in [5.74, 6) is 1.34. The van der Waals surface area contributed by atoms with Crippen molar-refractivity contribution < 1.29 is 4.79 Å². The van der Waals surface area contributed by atoms with Gasteiger partial charge in [0.1, 0.15) is 11.5 Å². The lowest BCUT2D eigenvalue weighted by Gasteiger charge is -2.09. The minimum atomic E-state index is -0.181. The zero-order valence-electron chi connectivity index (χ0n) is 8.85. The lowest BCUT2D eigenvalue weighted by molar-refractivity contribution is 0.0948. The average molecular weight is 238 g/mol. The van der Waals surface area contributed by atoms with Crippen LogP contribution >= 0.6 is 11.8 Å². The third-order valence-corrected chi connectivity index (χ3v) is 3.82. The van der Waals surface area contributed by atoms with Crippen molar-refractivity contribution in [2.45, 2.75) is 18.1 Å². The molecule has 1 aliphatic rings. The number of nitrogens with one attached hydrogen (secondary N) is 1. The van der Waals surface area contributed by atoms with Crippen LogP contribution < -0.4 is 11.1 Å². The van der Waals surface area contributed by atoms with Gasteiger partial charge in [0.2, 0.25) is 0 Å². The van der Waals surface area contributed by atoms with E-state index in [4.69, 9.17) is 5.73 Å². The Balaban J connectivity index is 1.85. The van der Waals surface area contributed by atoms with Crippen LogP contribution in [-0.4, -0.2) is 33.4 Å². The molecule has 1 amide bonds. The van der Waals surface area contributed by atoms with E-state index >= 15 is 0 Å². The van der Waals surface area contributed by atoms with Crippen molar-refractivity contribution in [3.8, 4) is 0 Å². The molecule has 1 fully saturated rings. The normalized spacial score (nSPS) is 19.6. The fraction of sp³-hybridized carbons (Fsp3) is 0.500. The van der Waals surface area contributed by atoms with Crippen molar-refractivity contribution in [1.82, 2.24) is 15.3 Å². The smallest absolute Gasteiger partial charge is 0.271 e. The summed E-state index contributed by atoms with van der Waals surface area (Å²) in [6.45, 7) is 0.704. The Bertz CT molecular complexity index is 362. The van der Waals surface area contributed by atoms with Gasteiger partial charge in [-0.3, -0.25) is 4.79 Å². The van der Waals surface area contributed by atoms with E-state index < -0.39 is 0 Å². The molecular weight excluding hydrogens is 224 g/mol. The van der Waals surface area contributed by atoms with Crippen LogP contribution in [0, 0.1) is 0 Å². The summed E-state index contributed by atoms with van der Waals surface area (Å²) in [7, 11) is 0. The third-order valence-electron chi connectivity index (χ3n) is 2.42. The summed E-state index contributed by atoms with van der Waals surface area (Å²) in [5, 5.41) is 3.40. The van der Waals surface area contributed by atoms with Crippen LogP contribution in [0.4, 0.5) is 5.82 Å². The first-order valence-corrected chi connectivity index (χ1v) is 6.28. The standard InChI is InChI=1S/C10H14N4OS/c11-9-6-12-8(5-13-9)10(15)14-4-7-2-1-3-16-7/h5-7H,1-4H2,(H2,11,13)(H,14,15). The van der Waals surface area contributed by atoms with Crippen molar-refractivity contribution in [2.75, 3.05) is 18.0 Å². The maximum atomic E-state index is 11.6. The van der Waals surface area contributed by atoms with E-state index in [1.807, 2.05) is 11.8 Å². The number of hydrogen-bond donors (Lipinski definition) is 2. The molecule has 1 aromatic heterocycles. The second-order valence-corrected chi connectivity index (χ2v) is 5.08. The van der Waals surface area contributed by atoms with Crippen LogP contribution in [0.15, 0.2) is 12.4 Å². The van der Waals surface area contributed by atoms with E-state index in [0.717, 1.165) is 0 Å². The lowest BCUT2D eigenvalue weighted by atomic mass is 10.2. The SMILES string of the molecule is Nc1cnc(C(=O)NCC2CCCS2)cn1. The number of amides is 1. The second-order valence-electron chi connectivity index (χ2n) is 3.67. The fourth-order valence-electron chi connectivity index (χ4n) is 1.56. The Hall–Kier alpha value is -1.30. The van der Waals surface area contributed by atoms with Gasteiger partial charge in [-0.05, 0) is 18.6 Å². The van der Waals surface area contributed by atoms with E-state index in [1.165, 1.54) is 31.0 Å². The summed E-state index contributed by atoms with van der Waals surface area (Å²) >= 11 is 1.91. The van der Waals surface area contributed by atoms with E-state index in [0.29, 0.717) is 23.3 Å². The van der Waals surface area contributed by atoms with Gasteiger partial charge in [0.25, 0.3) is 5.91 Å². The molecule has 1 aromatic rings. The van der Waals surface area contributed by atoms with E-state index in [9.17, 15) is 4.79 Å². The molecule has 1 atom stereocenters. The first-order valence-electron chi connectivity index (χ1n) is 5.23. The van der Waals surface area contributed by atoms with Crippen molar-refractivity contribution in [3.63, 3.8) is 0 Å². The van der Waals surface area contributed by atoms with Gasteiger partial charge in [0, 0.05) is 11.8 Å². The summed E-state index contributed by atoms with van der Waals surface area (Å²) in [6, 6.07) is 0. The van der Waals surface area contributed by atoms with Gasteiger partial charge in [-0.25, -0.2) is 9.97 Å². The van der Waals surface area contributed by atoms with Gasteiger partial charge in [0.05, 0.1) is 12.4 Å². The van der Waals surface area contributed by atoms with Gasteiger partial charge in [-0.2, -0.15) is 11.8 Å². The van der Waals surface area contributed by atoms with Gasteiger partial charge in [-0.15, -0.1) is 0 Å². The fourth-order valence-corrected chi connectivity index (χ4v) is 2.76. The van der Waals surface area contributed by atoms with Crippen LogP contribution in [0.2, 0.25) is 0 Å². The van der Waals surface area contributed by atoms with Crippen molar-refractivity contribution >= 4 is 23.5 Å². The number of nitrogens with two attached hydrogens (primary N) is 1. The number of nitrogen functional groups attached to an aromatic ring is 1. The van der Waals surface area contributed by atoms with E-state index in [-0.39, 0.29) is 5.91 Å². The number of anilines is 1. The van der Waals surface area contributed by atoms with Crippen LogP contribution in [-0.2, 0) is 0 Å². The predicted octanol–water partition coefficient (Wildman–Crippen LogP) is 0.684. The molecule has 2 heterocycles. The predicted molar refractivity (Wildman–Crippen MR) is 64.3 cm³/mol. The summed E-state index contributed by atoms with van der Waals surface area (Å²) < 4.78 is 0. The Morgan fingerprint density at radius 2 is 2.44 bits per heavy atom. The molecule has 0 aliphatic carbocycles. The lowest BCUT2D eigenvalue weighted by Crippen LogP contribution is -2.30. The summed E-state index contributed by atoms with van der Waals surface area (Å²) in [5.41, 5.74) is 5.71. The van der Waals surface area contributed by atoms with Crippen molar-refractivity contribution in [3.05, 3.63) is 18.1 Å². The van der Waals surface area contributed by atoms with Gasteiger partial charge in [0.15, 0.2) is 0 Å². The van der Waals surface area contributed by atoms with Crippen LogP contribution in [0.5, 0.6) is 0 Å². The molecule has 0 aromatic carbocycles. The number of aromatic nitrogens is 2. The van der Waals surface area contributed by atoms with Gasteiger partial charge < -0.3 is 11.1 Å². The summed E-state index contributed by atoms with van der Waals surface area (Å²) in [4.78, 5) is 19.4. The Morgan fingerprint density at radius 3 is 3.06 bits per heavy atom. The maximum Gasteiger partial charge on any atom is 0.271 e. The molecule has 0 saturated carbocycles. The number of carbonyl (C=O) groups excluding carboxylic acids is 1. The molecule has 5 nitrogen and oxygen atoms in total. The molecule has 2 rings (SSSR count). The molecule has 0 spiro atoms. The number of hydrogen-bond acceptors (Lipinski definition) is 5. The van der Waals surface area contributed by atoms with E-state index in [2.05, 4.69) is 15.3 Å². The third kappa shape index (κ3) is 2.85. The Labute approximate surface area is 98.2 Å². The molecule has 6 heteroatoms. The number of rotatable bonds is 3. The monoisotopic (exact) mass is 238 g/mol. The number of thioether (sulfide) groups is 1. The minimum absolute atomic E-state index is 0.181. The molecule has 0 radical (unpaired) electrons. The van der Waals surface area contributed by atoms with Gasteiger partial charge in [-0.1, -0.05) is 0 Å². The molecule has 16 heavy (non-hydrogen) atoms. The second kappa shape index (κ2) is 5.16. The highest BCUT2D eigenvalue weighted by atomic mass is 32.2.